The van der Waals surface area contributed by atoms with E-state index in [-0.39, 0.29) is 5.91 Å². The van der Waals surface area contributed by atoms with Crippen molar-refractivity contribution in [1.29, 1.82) is 0 Å². The van der Waals surface area contributed by atoms with Gasteiger partial charge in [0.15, 0.2) is 0 Å². The molecule has 6 nitrogen and oxygen atoms in total. The molecule has 1 N–H and O–H groups in total. The molecule has 0 unspecified atom stereocenters. The Balaban J connectivity index is 1.46. The summed E-state index contributed by atoms with van der Waals surface area (Å²) in [5, 5.41) is 14.2. The van der Waals surface area contributed by atoms with E-state index >= 15 is 0 Å². The SMILES string of the molecule is Cc1ccc2c(c1)CCCN2C(=O)CN1CCn2nc([C@@H](C)O)cc2C1. The number of aliphatic hydroxyl groups excluding tert-OH is 1. The van der Waals surface area contributed by atoms with Crippen LogP contribution in [0.25, 0.3) is 0 Å². The number of rotatable bonds is 3. The molecule has 1 atom stereocenters. The van der Waals surface area contributed by atoms with Crippen LogP contribution in [-0.2, 0) is 24.3 Å². The summed E-state index contributed by atoms with van der Waals surface area (Å²) in [5.74, 6) is 0.165. The number of aliphatic hydroxyl groups is 1. The number of nitrogens with zero attached hydrogens (tertiary/aromatic N) is 4. The van der Waals surface area contributed by atoms with Crippen LogP contribution in [0.3, 0.4) is 0 Å². The smallest absolute Gasteiger partial charge is 0.241 e. The lowest BCUT2D eigenvalue weighted by Crippen LogP contribution is -2.45. The van der Waals surface area contributed by atoms with Crippen molar-refractivity contribution in [3.8, 4) is 0 Å². The second kappa shape index (κ2) is 6.85. The Morgan fingerprint density at radius 2 is 2.12 bits per heavy atom. The second-order valence-electron chi connectivity index (χ2n) is 7.45. The normalized spacial score (nSPS) is 18.3. The van der Waals surface area contributed by atoms with E-state index in [1.54, 1.807) is 6.92 Å². The van der Waals surface area contributed by atoms with E-state index in [4.69, 9.17) is 0 Å². The minimum Gasteiger partial charge on any atom is -0.387 e. The topological polar surface area (TPSA) is 61.6 Å². The highest BCUT2D eigenvalue weighted by atomic mass is 16.3. The number of hydrogen-bond donors (Lipinski definition) is 1. The largest absolute Gasteiger partial charge is 0.387 e. The molecular weight excluding hydrogens is 328 g/mol. The average molecular weight is 354 g/mol. The number of benzene rings is 1. The first kappa shape index (κ1) is 17.2. The summed E-state index contributed by atoms with van der Waals surface area (Å²) in [7, 11) is 0. The molecule has 138 valence electrons. The molecule has 1 aromatic carbocycles. The summed E-state index contributed by atoms with van der Waals surface area (Å²) >= 11 is 0. The van der Waals surface area contributed by atoms with E-state index in [1.165, 1.54) is 11.1 Å². The van der Waals surface area contributed by atoms with Gasteiger partial charge in [0.2, 0.25) is 5.91 Å². The third kappa shape index (κ3) is 3.27. The van der Waals surface area contributed by atoms with Crippen molar-refractivity contribution in [2.45, 2.75) is 45.9 Å². The summed E-state index contributed by atoms with van der Waals surface area (Å²) in [6.45, 7) is 7.29. The number of anilines is 1. The average Bonchev–Trinajstić information content (AvgIpc) is 3.04. The molecular formula is C20H26N4O2. The molecule has 0 radical (unpaired) electrons. The van der Waals surface area contributed by atoms with Gasteiger partial charge in [-0.05, 0) is 44.4 Å². The molecule has 0 saturated heterocycles. The van der Waals surface area contributed by atoms with Gasteiger partial charge < -0.3 is 10.0 Å². The first-order valence-corrected chi connectivity index (χ1v) is 9.38. The van der Waals surface area contributed by atoms with Crippen molar-refractivity contribution in [3.63, 3.8) is 0 Å². The highest BCUT2D eigenvalue weighted by molar-refractivity contribution is 5.96. The summed E-state index contributed by atoms with van der Waals surface area (Å²) in [6.07, 6.45) is 1.51. The van der Waals surface area contributed by atoms with E-state index in [1.807, 2.05) is 15.6 Å². The number of amides is 1. The Morgan fingerprint density at radius 3 is 2.92 bits per heavy atom. The highest BCUT2D eigenvalue weighted by Gasteiger charge is 2.26. The molecule has 0 bridgehead atoms. The highest BCUT2D eigenvalue weighted by Crippen LogP contribution is 2.28. The third-order valence-electron chi connectivity index (χ3n) is 5.34. The Labute approximate surface area is 154 Å². The second-order valence-corrected chi connectivity index (χ2v) is 7.45. The molecule has 3 heterocycles. The third-order valence-corrected chi connectivity index (χ3v) is 5.34. The Morgan fingerprint density at radius 1 is 1.27 bits per heavy atom. The number of hydrogen-bond acceptors (Lipinski definition) is 4. The summed E-state index contributed by atoms with van der Waals surface area (Å²) < 4.78 is 1.95. The molecule has 0 spiro atoms. The van der Waals surface area contributed by atoms with Crippen LogP contribution in [0, 0.1) is 6.92 Å². The van der Waals surface area contributed by atoms with E-state index in [9.17, 15) is 9.90 Å². The van der Waals surface area contributed by atoms with E-state index < -0.39 is 6.10 Å². The van der Waals surface area contributed by atoms with Crippen molar-refractivity contribution in [2.24, 2.45) is 0 Å². The van der Waals surface area contributed by atoms with Gasteiger partial charge in [0, 0.05) is 25.3 Å². The fraction of sp³-hybridized carbons (Fsp3) is 0.500. The van der Waals surface area contributed by atoms with Crippen LogP contribution in [0.15, 0.2) is 24.3 Å². The van der Waals surface area contributed by atoms with Crippen molar-refractivity contribution in [1.82, 2.24) is 14.7 Å². The summed E-state index contributed by atoms with van der Waals surface area (Å²) in [4.78, 5) is 17.1. The van der Waals surface area contributed by atoms with Gasteiger partial charge in [-0.15, -0.1) is 0 Å². The molecule has 2 aliphatic heterocycles. The fourth-order valence-corrected chi connectivity index (χ4v) is 3.94. The zero-order chi connectivity index (χ0) is 18.3. The molecule has 26 heavy (non-hydrogen) atoms. The van der Waals surface area contributed by atoms with Gasteiger partial charge in [-0.3, -0.25) is 14.4 Å². The standard InChI is InChI=1S/C20H26N4O2/c1-14-5-6-19-16(10-14)4-3-7-23(19)20(26)13-22-8-9-24-17(12-22)11-18(21-24)15(2)25/h5-6,10-11,15,25H,3-4,7-9,12-13H2,1-2H3/t15-/m1/s1. The molecule has 0 aliphatic carbocycles. The van der Waals surface area contributed by atoms with Gasteiger partial charge in [-0.2, -0.15) is 5.10 Å². The predicted molar refractivity (Wildman–Crippen MR) is 100.0 cm³/mol. The van der Waals surface area contributed by atoms with E-state index in [0.29, 0.717) is 18.8 Å². The van der Waals surface area contributed by atoms with E-state index in [2.05, 4.69) is 35.1 Å². The van der Waals surface area contributed by atoms with E-state index in [0.717, 1.165) is 43.9 Å². The maximum atomic E-state index is 13.0. The molecule has 2 aromatic rings. The molecule has 1 aromatic heterocycles. The fourth-order valence-electron chi connectivity index (χ4n) is 3.94. The molecule has 0 saturated carbocycles. The van der Waals surface area contributed by atoms with Gasteiger partial charge in [-0.1, -0.05) is 17.7 Å². The van der Waals surface area contributed by atoms with Crippen molar-refractivity contribution < 1.29 is 9.90 Å². The van der Waals surface area contributed by atoms with Crippen LogP contribution in [0.1, 0.15) is 42.0 Å². The Kier molecular flexibility index (Phi) is 4.54. The first-order valence-electron chi connectivity index (χ1n) is 9.38. The van der Waals surface area contributed by atoms with Crippen molar-refractivity contribution >= 4 is 11.6 Å². The predicted octanol–water partition coefficient (Wildman–Crippen LogP) is 2.04. The first-order chi connectivity index (χ1) is 12.5. The van der Waals surface area contributed by atoms with Crippen molar-refractivity contribution in [3.05, 3.63) is 46.8 Å². The maximum Gasteiger partial charge on any atom is 0.241 e. The van der Waals surface area contributed by atoms with Gasteiger partial charge in [-0.25, -0.2) is 0 Å². The number of fused-ring (bicyclic) bond motifs is 2. The van der Waals surface area contributed by atoms with Crippen LogP contribution in [0.5, 0.6) is 0 Å². The number of aryl methyl sites for hydroxylation is 2. The zero-order valence-electron chi connectivity index (χ0n) is 15.5. The van der Waals surface area contributed by atoms with Crippen LogP contribution >= 0.6 is 0 Å². The maximum absolute atomic E-state index is 13.0. The van der Waals surface area contributed by atoms with Crippen LogP contribution in [0.2, 0.25) is 0 Å². The zero-order valence-corrected chi connectivity index (χ0v) is 15.5. The molecule has 4 rings (SSSR count). The molecule has 6 heteroatoms. The molecule has 1 amide bonds. The summed E-state index contributed by atoms with van der Waals surface area (Å²) in [5.41, 5.74) is 5.37. The monoisotopic (exact) mass is 354 g/mol. The Bertz CT molecular complexity index is 827. The van der Waals surface area contributed by atoms with Crippen LogP contribution in [-0.4, -0.2) is 45.3 Å². The Hall–Kier alpha value is -2.18. The quantitative estimate of drug-likeness (QED) is 0.916. The van der Waals surface area contributed by atoms with Gasteiger partial charge in [0.05, 0.1) is 30.6 Å². The van der Waals surface area contributed by atoms with Gasteiger partial charge in [0.25, 0.3) is 0 Å². The lowest BCUT2D eigenvalue weighted by atomic mass is 9.99. The molecule has 2 aliphatic rings. The van der Waals surface area contributed by atoms with Gasteiger partial charge in [0.1, 0.15) is 0 Å². The lowest BCUT2D eigenvalue weighted by Gasteiger charge is -2.33. The summed E-state index contributed by atoms with van der Waals surface area (Å²) in [6, 6.07) is 8.31. The van der Waals surface area contributed by atoms with Crippen molar-refractivity contribution in [2.75, 3.05) is 24.5 Å². The lowest BCUT2D eigenvalue weighted by molar-refractivity contribution is -0.120. The van der Waals surface area contributed by atoms with Gasteiger partial charge >= 0.3 is 0 Å². The number of carbonyl (C=O) groups excluding carboxylic acids is 1. The number of aromatic nitrogens is 2. The molecule has 0 fully saturated rings. The number of carbonyl (C=O) groups is 1. The van der Waals surface area contributed by atoms with Crippen LogP contribution in [0.4, 0.5) is 5.69 Å². The minimum absolute atomic E-state index is 0.165. The van der Waals surface area contributed by atoms with Crippen LogP contribution < -0.4 is 4.90 Å². The minimum atomic E-state index is -0.559.